The van der Waals surface area contributed by atoms with E-state index in [1.165, 1.54) is 25.3 Å². The molecule has 1 spiro atoms. The zero-order valence-corrected chi connectivity index (χ0v) is 32.0. The van der Waals surface area contributed by atoms with Crippen molar-refractivity contribution in [2.45, 2.75) is 73.8 Å². The Bertz CT molecular complexity index is 2260. The molecule has 3 aliphatic heterocycles. The summed E-state index contributed by atoms with van der Waals surface area (Å²) in [5.74, 6) is 1.08. The number of ether oxygens (including phenoxy) is 3. The molecule has 4 aromatic rings. The third-order valence-electron chi connectivity index (χ3n) is 12.0. The van der Waals surface area contributed by atoms with Crippen LogP contribution in [0.4, 0.5) is 10.5 Å². The van der Waals surface area contributed by atoms with Gasteiger partial charge in [-0.25, -0.2) is 9.69 Å². The Hall–Kier alpha value is -6.00. The van der Waals surface area contributed by atoms with E-state index in [1.54, 1.807) is 29.2 Å². The first-order valence-corrected chi connectivity index (χ1v) is 19.6. The minimum absolute atomic E-state index is 0.0401. The molecule has 2 saturated heterocycles. The Morgan fingerprint density at radius 1 is 0.828 bits per heavy atom. The lowest BCUT2D eigenvalue weighted by atomic mass is 9.65. The van der Waals surface area contributed by atoms with Crippen LogP contribution < -0.4 is 4.90 Å². The number of fused-ring (bicyclic) bond motifs is 3. The normalized spacial score (nSPS) is 26.2. The van der Waals surface area contributed by atoms with Crippen molar-refractivity contribution in [2.24, 2.45) is 5.92 Å². The van der Waals surface area contributed by atoms with Crippen LogP contribution in [0.5, 0.6) is 5.75 Å². The Labute approximate surface area is 335 Å². The summed E-state index contributed by atoms with van der Waals surface area (Å²) in [6, 6.07) is 25.6. The van der Waals surface area contributed by atoms with E-state index in [4.69, 9.17) is 14.2 Å². The molecule has 1 aliphatic carbocycles. The molecule has 8 rings (SSSR count). The number of phenols is 1. The third kappa shape index (κ3) is 6.59. The van der Waals surface area contributed by atoms with Crippen LogP contribution in [-0.4, -0.2) is 76.1 Å². The van der Waals surface area contributed by atoms with Gasteiger partial charge in [0, 0.05) is 12.7 Å². The summed E-state index contributed by atoms with van der Waals surface area (Å²) in [7, 11) is 1.44. The predicted molar refractivity (Wildman–Crippen MR) is 210 cm³/mol. The van der Waals surface area contributed by atoms with Gasteiger partial charge in [0.2, 0.25) is 5.91 Å². The van der Waals surface area contributed by atoms with Gasteiger partial charge in [-0.15, -0.1) is 0 Å². The number of aliphatic carboxylic acids is 1. The van der Waals surface area contributed by atoms with Crippen LogP contribution in [0.1, 0.15) is 84.5 Å². The van der Waals surface area contributed by atoms with Crippen molar-refractivity contribution in [3.05, 3.63) is 131 Å². The van der Waals surface area contributed by atoms with Crippen molar-refractivity contribution in [2.75, 3.05) is 25.2 Å². The number of carboxylic acid groups (broad SMARTS) is 1. The molecular weight excluding hydrogens is 741 g/mol. The molecule has 3 fully saturated rings. The van der Waals surface area contributed by atoms with E-state index in [0.717, 1.165) is 30.6 Å². The molecule has 4 aliphatic rings. The van der Waals surface area contributed by atoms with Crippen LogP contribution in [0.3, 0.4) is 0 Å². The highest BCUT2D eigenvalue weighted by atomic mass is 16.6. The number of carboxylic acids is 1. The summed E-state index contributed by atoms with van der Waals surface area (Å²) >= 11 is 0. The average molecular weight is 785 g/mol. The lowest BCUT2D eigenvalue weighted by Gasteiger charge is -2.46. The fraction of sp³-hybridized carbons (Fsp3) is 0.348. The molecule has 3 N–H and O–H groups in total. The average Bonchev–Trinajstić information content (AvgIpc) is 3.57. The van der Waals surface area contributed by atoms with E-state index < -0.39 is 65.1 Å². The quantitative estimate of drug-likeness (QED) is 0.0827. The lowest BCUT2D eigenvalue weighted by molar-refractivity contribution is -0.179. The second-order valence-electron chi connectivity index (χ2n) is 15.4. The van der Waals surface area contributed by atoms with Crippen molar-refractivity contribution in [3.63, 3.8) is 0 Å². The molecule has 12 heteroatoms. The molecule has 1 saturated carbocycles. The zero-order chi connectivity index (χ0) is 40.6. The number of aliphatic hydroxyl groups is 1. The lowest BCUT2D eigenvalue weighted by Crippen LogP contribution is -2.53. The number of esters is 1. The highest BCUT2D eigenvalue weighted by Crippen LogP contribution is 2.66. The maximum Gasteiger partial charge on any atom is 0.421 e. The summed E-state index contributed by atoms with van der Waals surface area (Å²) in [5, 5.41) is 33.4. The predicted octanol–water partition coefficient (Wildman–Crippen LogP) is 6.36. The fourth-order valence-corrected chi connectivity index (χ4v) is 9.51. The molecule has 2 amide bonds. The van der Waals surface area contributed by atoms with Gasteiger partial charge in [-0.05, 0) is 78.3 Å². The summed E-state index contributed by atoms with van der Waals surface area (Å²) in [5.41, 5.74) is -1.05. The molecule has 4 aromatic carbocycles. The van der Waals surface area contributed by atoms with E-state index in [9.17, 15) is 29.7 Å². The highest BCUT2D eigenvalue weighted by Gasteiger charge is 2.76. The largest absolute Gasteiger partial charge is 0.508 e. The van der Waals surface area contributed by atoms with Crippen LogP contribution in [0.15, 0.2) is 103 Å². The molecule has 0 unspecified atom stereocenters. The Balaban J connectivity index is 1.41. The first-order valence-electron chi connectivity index (χ1n) is 19.6. The molecule has 12 nitrogen and oxygen atoms in total. The van der Waals surface area contributed by atoms with Gasteiger partial charge in [0.05, 0.1) is 24.4 Å². The van der Waals surface area contributed by atoms with E-state index in [1.807, 2.05) is 60.7 Å². The van der Waals surface area contributed by atoms with Crippen molar-refractivity contribution in [1.82, 2.24) is 4.90 Å². The second-order valence-corrected chi connectivity index (χ2v) is 15.4. The van der Waals surface area contributed by atoms with Gasteiger partial charge in [0.15, 0.2) is 0 Å². The summed E-state index contributed by atoms with van der Waals surface area (Å²) in [4.78, 5) is 61.2. The number of hydrogen-bond donors (Lipinski definition) is 3. The number of cyclic esters (lactones) is 1. The number of benzene rings is 4. The molecule has 298 valence electrons. The van der Waals surface area contributed by atoms with E-state index in [-0.39, 0.29) is 30.2 Å². The SMILES string of the molecule is COCCOC(=O)N1C(=O)[C@@]2(c3cc(C#CC4(O)CCCCCC4)ccc31)[C@H](c1ccc(O)cc1)N1[C@H](c3ccccc3)[C@H](c3ccccc3)OC(=O)[C@H]1[C@@H]2C(=O)O. The molecule has 0 aromatic heterocycles. The van der Waals surface area contributed by atoms with E-state index >= 15 is 4.79 Å². The second kappa shape index (κ2) is 15.7. The van der Waals surface area contributed by atoms with Crippen LogP contribution in [0, 0.1) is 17.8 Å². The first kappa shape index (κ1) is 38.9. The number of rotatable bonds is 7. The van der Waals surface area contributed by atoms with Gasteiger partial charge in [-0.3, -0.25) is 19.3 Å². The van der Waals surface area contributed by atoms with Gasteiger partial charge < -0.3 is 29.5 Å². The monoisotopic (exact) mass is 784 g/mol. The van der Waals surface area contributed by atoms with Crippen LogP contribution >= 0.6 is 0 Å². The van der Waals surface area contributed by atoms with Crippen LogP contribution in [0.2, 0.25) is 0 Å². The number of carbonyl (C=O) groups excluding carboxylic acids is 3. The Morgan fingerprint density at radius 2 is 1.48 bits per heavy atom. The number of amides is 2. The molecule has 3 heterocycles. The first-order chi connectivity index (χ1) is 28.1. The number of nitrogens with zero attached hydrogens (tertiary/aromatic N) is 2. The molecular formula is C46H44N2O10. The van der Waals surface area contributed by atoms with Gasteiger partial charge >= 0.3 is 18.0 Å². The number of phenolic OH excluding ortho intramolecular Hbond substituents is 1. The van der Waals surface area contributed by atoms with Crippen LogP contribution in [-0.2, 0) is 34.0 Å². The van der Waals surface area contributed by atoms with Crippen molar-refractivity contribution in [1.29, 1.82) is 0 Å². The third-order valence-corrected chi connectivity index (χ3v) is 12.0. The highest BCUT2D eigenvalue weighted by molar-refractivity contribution is 6.23. The zero-order valence-electron chi connectivity index (χ0n) is 32.0. The number of imide groups is 1. The fourth-order valence-electron chi connectivity index (χ4n) is 9.51. The van der Waals surface area contributed by atoms with Gasteiger partial charge in [0.25, 0.3) is 0 Å². The maximum atomic E-state index is 15.7. The standard InChI is InChI=1S/C46H44N2O10/c1-56-26-27-57-44(54)47-35-21-16-29(22-25-45(55)23-10-2-3-11-24-45)28-34(35)46(43(47)53)36(41(50)51)38-42(52)58-39(31-14-8-5-9-15-31)37(30-12-6-4-7-13-30)48(38)40(46)32-17-19-33(49)20-18-32/h4-9,12-21,28,36-40,49,55H,2-3,10-11,23-24,26-27H2,1H3,(H,50,51)/t36-,37-,38-,39+,40+,46-/m1/s1. The molecule has 58 heavy (non-hydrogen) atoms. The Kier molecular flexibility index (Phi) is 10.5. The number of carbonyl (C=O) groups is 4. The summed E-state index contributed by atoms with van der Waals surface area (Å²) in [6.07, 6.45) is 2.64. The molecule has 6 atom stereocenters. The Morgan fingerprint density at radius 3 is 2.12 bits per heavy atom. The number of morpholine rings is 1. The van der Waals surface area contributed by atoms with Crippen molar-refractivity contribution >= 4 is 29.6 Å². The number of hydrogen-bond acceptors (Lipinski definition) is 10. The minimum Gasteiger partial charge on any atom is -0.508 e. The molecule has 0 radical (unpaired) electrons. The molecule has 0 bridgehead atoms. The van der Waals surface area contributed by atoms with Crippen molar-refractivity contribution in [3.8, 4) is 17.6 Å². The summed E-state index contributed by atoms with van der Waals surface area (Å²) in [6.45, 7) is -0.151. The van der Waals surface area contributed by atoms with Crippen molar-refractivity contribution < 1.29 is 48.7 Å². The van der Waals surface area contributed by atoms with Gasteiger partial charge in [-0.2, -0.15) is 0 Å². The summed E-state index contributed by atoms with van der Waals surface area (Å²) < 4.78 is 16.9. The number of anilines is 1. The van der Waals surface area contributed by atoms with Crippen LogP contribution in [0.25, 0.3) is 0 Å². The van der Waals surface area contributed by atoms with E-state index in [0.29, 0.717) is 35.1 Å². The number of aromatic hydroxyl groups is 1. The maximum absolute atomic E-state index is 15.7. The number of methoxy groups -OCH3 is 1. The minimum atomic E-state index is -2.17. The smallest absolute Gasteiger partial charge is 0.421 e. The van der Waals surface area contributed by atoms with Gasteiger partial charge in [-0.1, -0.05) is 97.5 Å². The van der Waals surface area contributed by atoms with Gasteiger partial charge in [0.1, 0.15) is 41.4 Å². The topological polar surface area (TPSA) is 163 Å². The van der Waals surface area contributed by atoms with E-state index in [2.05, 4.69) is 11.8 Å².